The molecule has 4 nitrogen and oxygen atoms in total. The maximum absolute atomic E-state index is 11.0. The van der Waals surface area contributed by atoms with Gasteiger partial charge >= 0.3 is 5.97 Å². The van der Waals surface area contributed by atoms with Crippen LogP contribution in [0, 0.1) is 5.92 Å². The summed E-state index contributed by atoms with van der Waals surface area (Å²) in [6.45, 7) is 6.51. The summed E-state index contributed by atoms with van der Waals surface area (Å²) in [6, 6.07) is 8.33. The third-order valence-electron chi connectivity index (χ3n) is 4.45. The molecule has 0 aliphatic carbocycles. The molecule has 1 aliphatic rings. The van der Waals surface area contributed by atoms with Crippen LogP contribution in [0.4, 0.5) is 0 Å². The van der Waals surface area contributed by atoms with Crippen molar-refractivity contribution in [1.82, 2.24) is 5.32 Å². The van der Waals surface area contributed by atoms with Gasteiger partial charge in [-0.05, 0) is 43.7 Å². The zero-order valence-electron chi connectivity index (χ0n) is 12.8. The molecule has 2 rings (SSSR count). The number of nitrogens with one attached hydrogen (secondary N) is 1. The Morgan fingerprint density at radius 2 is 1.90 bits per heavy atom. The number of rotatable bonds is 6. The highest BCUT2D eigenvalue weighted by Crippen LogP contribution is 2.19. The summed E-state index contributed by atoms with van der Waals surface area (Å²) in [4.78, 5) is 11.0. The van der Waals surface area contributed by atoms with Gasteiger partial charge in [-0.25, -0.2) is 0 Å². The Balaban J connectivity index is 1.84. The quantitative estimate of drug-likeness (QED) is 0.846. The average Bonchev–Trinajstić information content (AvgIpc) is 2.53. The first-order valence-electron chi connectivity index (χ1n) is 7.70. The van der Waals surface area contributed by atoms with Gasteiger partial charge in [-0.15, -0.1) is 0 Å². The molecule has 1 aliphatic heterocycles. The molecule has 21 heavy (non-hydrogen) atoms. The molecule has 0 bridgehead atoms. The molecular formula is C17H25NO3. The largest absolute Gasteiger partial charge is 0.481 e. The Morgan fingerprint density at radius 1 is 1.29 bits per heavy atom. The van der Waals surface area contributed by atoms with Crippen LogP contribution in [0.3, 0.4) is 0 Å². The lowest BCUT2D eigenvalue weighted by atomic mass is 9.93. The van der Waals surface area contributed by atoms with Crippen molar-refractivity contribution in [3.8, 4) is 0 Å². The second-order valence-corrected chi connectivity index (χ2v) is 5.92. The van der Waals surface area contributed by atoms with Crippen LogP contribution in [0.25, 0.3) is 0 Å². The van der Waals surface area contributed by atoms with Gasteiger partial charge in [0.1, 0.15) is 0 Å². The van der Waals surface area contributed by atoms with Crippen LogP contribution in [0.15, 0.2) is 24.3 Å². The van der Waals surface area contributed by atoms with Crippen molar-refractivity contribution < 1.29 is 14.6 Å². The molecule has 2 atom stereocenters. The summed E-state index contributed by atoms with van der Waals surface area (Å²) in [5, 5.41) is 12.6. The molecule has 2 N–H and O–H groups in total. The first-order chi connectivity index (χ1) is 10.1. The van der Waals surface area contributed by atoms with Crippen molar-refractivity contribution in [2.24, 2.45) is 5.92 Å². The number of aliphatic carboxylic acids is 1. The number of carboxylic acid groups (broad SMARTS) is 1. The van der Waals surface area contributed by atoms with Crippen molar-refractivity contribution in [3.05, 3.63) is 35.4 Å². The summed E-state index contributed by atoms with van der Waals surface area (Å²) in [7, 11) is 0. The van der Waals surface area contributed by atoms with E-state index in [2.05, 4.69) is 12.2 Å². The topological polar surface area (TPSA) is 58.6 Å². The van der Waals surface area contributed by atoms with E-state index in [9.17, 15) is 4.79 Å². The van der Waals surface area contributed by atoms with Crippen molar-refractivity contribution in [1.29, 1.82) is 0 Å². The van der Waals surface area contributed by atoms with E-state index >= 15 is 0 Å². The van der Waals surface area contributed by atoms with E-state index in [0.29, 0.717) is 12.0 Å². The van der Waals surface area contributed by atoms with Crippen LogP contribution in [0.5, 0.6) is 0 Å². The fraction of sp³-hybridized carbons (Fsp3) is 0.588. The lowest BCUT2D eigenvalue weighted by Crippen LogP contribution is -2.36. The summed E-state index contributed by atoms with van der Waals surface area (Å²) in [5.74, 6) is -0.549. The van der Waals surface area contributed by atoms with Gasteiger partial charge in [0.15, 0.2) is 0 Å². The van der Waals surface area contributed by atoms with Crippen LogP contribution in [-0.2, 0) is 16.1 Å². The minimum Gasteiger partial charge on any atom is -0.481 e. The molecule has 1 fully saturated rings. The SMILES string of the molecule is CC(C(=O)O)c1ccc(CNC(C)C2CCOCC2)cc1. The molecule has 116 valence electrons. The Kier molecular flexibility index (Phi) is 5.76. The number of ether oxygens (including phenoxy) is 1. The van der Waals surface area contributed by atoms with Crippen LogP contribution in [0.2, 0.25) is 0 Å². The van der Waals surface area contributed by atoms with Gasteiger partial charge in [-0.3, -0.25) is 4.79 Å². The van der Waals surface area contributed by atoms with Gasteiger partial charge in [0.05, 0.1) is 5.92 Å². The molecule has 0 aromatic heterocycles. The minimum absolute atomic E-state index is 0.451. The Hall–Kier alpha value is -1.39. The lowest BCUT2D eigenvalue weighted by Gasteiger charge is -2.28. The predicted octanol–water partition coefficient (Wildman–Crippen LogP) is 2.78. The first-order valence-corrected chi connectivity index (χ1v) is 7.70. The normalized spacial score (nSPS) is 19.1. The van der Waals surface area contributed by atoms with Crippen LogP contribution in [0.1, 0.15) is 43.7 Å². The van der Waals surface area contributed by atoms with Crippen molar-refractivity contribution in [2.75, 3.05) is 13.2 Å². The molecule has 0 saturated carbocycles. The Morgan fingerprint density at radius 3 is 2.48 bits per heavy atom. The molecule has 0 spiro atoms. The summed E-state index contributed by atoms with van der Waals surface area (Å²) in [6.07, 6.45) is 2.26. The van der Waals surface area contributed by atoms with Gasteiger partial charge in [0, 0.05) is 25.8 Å². The van der Waals surface area contributed by atoms with Crippen LogP contribution in [-0.4, -0.2) is 30.3 Å². The highest BCUT2D eigenvalue weighted by atomic mass is 16.5. The van der Waals surface area contributed by atoms with Crippen molar-refractivity contribution >= 4 is 5.97 Å². The van der Waals surface area contributed by atoms with E-state index in [1.54, 1.807) is 6.92 Å². The van der Waals surface area contributed by atoms with Gasteiger partial charge in [-0.2, -0.15) is 0 Å². The van der Waals surface area contributed by atoms with Gasteiger partial charge in [0.25, 0.3) is 0 Å². The average molecular weight is 291 g/mol. The van der Waals surface area contributed by atoms with E-state index in [4.69, 9.17) is 9.84 Å². The zero-order chi connectivity index (χ0) is 15.2. The maximum Gasteiger partial charge on any atom is 0.310 e. The number of hydrogen-bond acceptors (Lipinski definition) is 3. The zero-order valence-corrected chi connectivity index (χ0v) is 12.8. The molecule has 2 unspecified atom stereocenters. The van der Waals surface area contributed by atoms with Crippen LogP contribution < -0.4 is 5.32 Å². The maximum atomic E-state index is 11.0. The van der Waals surface area contributed by atoms with Gasteiger partial charge < -0.3 is 15.2 Å². The van der Waals surface area contributed by atoms with Crippen LogP contribution >= 0.6 is 0 Å². The van der Waals surface area contributed by atoms with Crippen molar-refractivity contribution in [3.63, 3.8) is 0 Å². The number of carbonyl (C=O) groups is 1. The van der Waals surface area contributed by atoms with Gasteiger partial charge in [-0.1, -0.05) is 24.3 Å². The summed E-state index contributed by atoms with van der Waals surface area (Å²) in [5.41, 5.74) is 2.04. The first kappa shape index (κ1) is 16.0. The number of hydrogen-bond donors (Lipinski definition) is 2. The van der Waals surface area contributed by atoms with Gasteiger partial charge in [0.2, 0.25) is 0 Å². The second kappa shape index (κ2) is 7.57. The molecule has 1 heterocycles. The third-order valence-corrected chi connectivity index (χ3v) is 4.45. The second-order valence-electron chi connectivity index (χ2n) is 5.92. The molecule has 0 amide bonds. The highest BCUT2D eigenvalue weighted by Gasteiger charge is 2.20. The molecule has 1 aromatic carbocycles. The fourth-order valence-electron chi connectivity index (χ4n) is 2.73. The number of benzene rings is 1. The Labute approximate surface area is 126 Å². The highest BCUT2D eigenvalue weighted by molar-refractivity contribution is 5.75. The molecule has 4 heteroatoms. The molecule has 0 radical (unpaired) electrons. The minimum atomic E-state index is -0.783. The van der Waals surface area contributed by atoms with E-state index < -0.39 is 11.9 Å². The molecule has 1 saturated heterocycles. The lowest BCUT2D eigenvalue weighted by molar-refractivity contribution is -0.138. The molecular weight excluding hydrogens is 266 g/mol. The fourth-order valence-corrected chi connectivity index (χ4v) is 2.73. The monoisotopic (exact) mass is 291 g/mol. The van der Waals surface area contributed by atoms with E-state index in [0.717, 1.165) is 38.2 Å². The molecule has 1 aromatic rings. The summed E-state index contributed by atoms with van der Waals surface area (Å²) >= 11 is 0. The van der Waals surface area contributed by atoms with E-state index in [1.165, 1.54) is 5.56 Å². The van der Waals surface area contributed by atoms with Crippen molar-refractivity contribution in [2.45, 2.75) is 45.2 Å². The van der Waals surface area contributed by atoms with E-state index in [1.807, 2.05) is 24.3 Å². The summed E-state index contributed by atoms with van der Waals surface area (Å²) < 4.78 is 5.39. The number of carboxylic acids is 1. The predicted molar refractivity (Wildman–Crippen MR) is 82.3 cm³/mol. The Bertz CT molecular complexity index is 452. The van der Waals surface area contributed by atoms with E-state index in [-0.39, 0.29) is 0 Å². The standard InChI is InChI=1S/C17H25NO3/c1-12(17(19)20)15-5-3-14(4-6-15)11-18-13(2)16-7-9-21-10-8-16/h3-6,12-13,16,18H,7-11H2,1-2H3,(H,19,20). The third kappa shape index (κ3) is 4.55. The smallest absolute Gasteiger partial charge is 0.310 e.